The minimum absolute atomic E-state index is 0.0889. The second-order valence-corrected chi connectivity index (χ2v) is 5.10. The van der Waals surface area contributed by atoms with Gasteiger partial charge in [0.15, 0.2) is 5.90 Å². The molecule has 0 aromatic carbocycles. The average molecular weight is 262 g/mol. The molecule has 0 spiro atoms. The Kier molecular flexibility index (Phi) is 4.08. The van der Waals surface area contributed by atoms with E-state index in [4.69, 9.17) is 9.47 Å². The molecule has 0 radical (unpaired) electrons. The lowest BCUT2D eigenvalue weighted by Crippen LogP contribution is -2.40. The number of ether oxygens (including phenoxy) is 2. The fourth-order valence-electron chi connectivity index (χ4n) is 2.47. The number of rotatable bonds is 6. The van der Waals surface area contributed by atoms with Gasteiger partial charge in [0.2, 0.25) is 5.90 Å². The van der Waals surface area contributed by atoms with Gasteiger partial charge in [0, 0.05) is 0 Å². The normalized spacial score (nSPS) is 26.2. The van der Waals surface area contributed by atoms with E-state index in [1.165, 1.54) is 0 Å². The molecule has 2 unspecified atom stereocenters. The number of allylic oxidation sites excluding steroid dienone is 2. The van der Waals surface area contributed by atoms with Crippen LogP contribution in [0, 0.1) is 5.41 Å². The first-order valence-corrected chi connectivity index (χ1v) is 6.78. The van der Waals surface area contributed by atoms with Gasteiger partial charge < -0.3 is 9.47 Å². The van der Waals surface area contributed by atoms with E-state index in [1.807, 2.05) is 19.1 Å². The number of hydrogen-bond donors (Lipinski definition) is 0. The first-order valence-electron chi connectivity index (χ1n) is 6.78. The molecule has 0 bridgehead atoms. The van der Waals surface area contributed by atoms with Crippen LogP contribution in [0.4, 0.5) is 0 Å². The molecule has 0 saturated carbocycles. The molecular formula is C15H22N2O2. The fraction of sp³-hybridized carbons (Fsp3) is 0.600. The van der Waals surface area contributed by atoms with E-state index >= 15 is 0 Å². The van der Waals surface area contributed by atoms with Crippen molar-refractivity contribution in [3.63, 3.8) is 0 Å². The molecule has 2 aliphatic heterocycles. The first kappa shape index (κ1) is 13.8. The summed E-state index contributed by atoms with van der Waals surface area (Å²) in [5.41, 5.74) is -0.459. The van der Waals surface area contributed by atoms with Crippen LogP contribution in [0.5, 0.6) is 0 Å². The minimum Gasteiger partial charge on any atom is -0.478 e. The van der Waals surface area contributed by atoms with Crippen molar-refractivity contribution in [3.05, 3.63) is 25.3 Å². The van der Waals surface area contributed by atoms with Gasteiger partial charge in [-0.1, -0.05) is 12.2 Å². The molecule has 2 atom stereocenters. The number of hydrogen-bond acceptors (Lipinski definition) is 4. The third-order valence-electron chi connectivity index (χ3n) is 3.69. The lowest BCUT2D eigenvalue weighted by atomic mass is 9.80. The molecule has 0 amide bonds. The van der Waals surface area contributed by atoms with E-state index in [0.29, 0.717) is 37.8 Å². The van der Waals surface area contributed by atoms with Crippen molar-refractivity contribution in [3.8, 4) is 0 Å². The molecule has 2 rings (SSSR count). The molecule has 0 fully saturated rings. The molecule has 2 aliphatic rings. The van der Waals surface area contributed by atoms with E-state index in [9.17, 15) is 0 Å². The van der Waals surface area contributed by atoms with E-state index in [1.54, 1.807) is 0 Å². The molecule has 19 heavy (non-hydrogen) atoms. The van der Waals surface area contributed by atoms with Crippen LogP contribution in [0.3, 0.4) is 0 Å². The molecule has 4 heteroatoms. The topological polar surface area (TPSA) is 43.2 Å². The summed E-state index contributed by atoms with van der Waals surface area (Å²) in [7, 11) is 0. The predicted octanol–water partition coefficient (Wildman–Crippen LogP) is 2.76. The lowest BCUT2D eigenvalue weighted by molar-refractivity contribution is 0.191. The second kappa shape index (κ2) is 5.59. The highest BCUT2D eigenvalue weighted by molar-refractivity contribution is 6.06. The molecule has 0 aromatic heterocycles. The van der Waals surface area contributed by atoms with Gasteiger partial charge in [-0.3, -0.25) is 4.99 Å². The summed E-state index contributed by atoms with van der Waals surface area (Å²) < 4.78 is 11.7. The summed E-state index contributed by atoms with van der Waals surface area (Å²) >= 11 is 0. The molecular weight excluding hydrogens is 240 g/mol. The quantitative estimate of drug-likeness (QED) is 0.691. The highest BCUT2D eigenvalue weighted by atomic mass is 16.5. The highest BCUT2D eigenvalue weighted by Gasteiger charge is 2.47. The molecule has 0 aromatic rings. The zero-order valence-electron chi connectivity index (χ0n) is 11.8. The van der Waals surface area contributed by atoms with Crippen LogP contribution in [-0.4, -0.2) is 37.1 Å². The summed E-state index contributed by atoms with van der Waals surface area (Å²) in [5, 5.41) is 0. The third kappa shape index (κ3) is 2.44. The zero-order chi connectivity index (χ0) is 13.9. The molecule has 2 heterocycles. The van der Waals surface area contributed by atoms with E-state index < -0.39 is 5.41 Å². The third-order valence-corrected chi connectivity index (χ3v) is 3.69. The highest BCUT2D eigenvalue weighted by Crippen LogP contribution is 2.37. The van der Waals surface area contributed by atoms with Crippen molar-refractivity contribution >= 4 is 11.8 Å². The van der Waals surface area contributed by atoms with Gasteiger partial charge in [0.25, 0.3) is 0 Å². The Morgan fingerprint density at radius 2 is 1.95 bits per heavy atom. The summed E-state index contributed by atoms with van der Waals surface area (Å²) in [4.78, 5) is 9.14. The maximum Gasteiger partial charge on any atom is 0.200 e. The molecule has 104 valence electrons. The van der Waals surface area contributed by atoms with Gasteiger partial charge in [0.05, 0.1) is 12.6 Å². The maximum atomic E-state index is 5.95. The zero-order valence-corrected chi connectivity index (χ0v) is 11.8. The van der Waals surface area contributed by atoms with Crippen LogP contribution < -0.4 is 0 Å². The van der Waals surface area contributed by atoms with Crippen LogP contribution >= 0.6 is 0 Å². The predicted molar refractivity (Wildman–Crippen MR) is 77.8 cm³/mol. The lowest BCUT2D eigenvalue weighted by Gasteiger charge is -2.30. The van der Waals surface area contributed by atoms with Crippen LogP contribution in [0.2, 0.25) is 0 Å². The Labute approximate surface area is 114 Å². The Hall–Kier alpha value is -1.58. The Morgan fingerprint density at radius 1 is 1.26 bits per heavy atom. The standard InChI is InChI=1S/C15H22N2O2/c1-5-7-15(8-6-2,13-16-9-10-18-13)14-17-11(3)12(4)19-14/h5-6,11-12H,1-2,7-10H2,3-4H3. The SMILES string of the molecule is C=CCC(CC=C)(C1=NCCO1)C1=NC(C)C(C)O1. The van der Waals surface area contributed by atoms with Crippen molar-refractivity contribution in [2.24, 2.45) is 15.4 Å². The average Bonchev–Trinajstić information content (AvgIpc) is 3.00. The smallest absolute Gasteiger partial charge is 0.200 e. The summed E-state index contributed by atoms with van der Waals surface area (Å²) in [5.74, 6) is 1.43. The maximum absolute atomic E-state index is 5.95. The molecule has 4 nitrogen and oxygen atoms in total. The molecule has 0 aliphatic carbocycles. The minimum atomic E-state index is -0.459. The van der Waals surface area contributed by atoms with Crippen molar-refractivity contribution in [1.82, 2.24) is 0 Å². The number of nitrogens with zero attached hydrogens (tertiary/aromatic N) is 2. The van der Waals surface area contributed by atoms with Gasteiger partial charge in [-0.15, -0.1) is 13.2 Å². The summed E-state index contributed by atoms with van der Waals surface area (Å²) in [6.45, 7) is 13.1. The first-order chi connectivity index (χ1) is 9.14. The van der Waals surface area contributed by atoms with Gasteiger partial charge >= 0.3 is 0 Å². The van der Waals surface area contributed by atoms with E-state index in [-0.39, 0.29) is 12.1 Å². The van der Waals surface area contributed by atoms with E-state index in [2.05, 4.69) is 30.1 Å². The van der Waals surface area contributed by atoms with Crippen LogP contribution in [0.1, 0.15) is 26.7 Å². The molecule has 0 saturated heterocycles. The van der Waals surface area contributed by atoms with Crippen LogP contribution in [-0.2, 0) is 9.47 Å². The Morgan fingerprint density at radius 3 is 2.37 bits per heavy atom. The Balaban J connectivity index is 2.39. The summed E-state index contributed by atoms with van der Waals surface area (Å²) in [6.07, 6.45) is 5.21. The number of aliphatic imine (C=N–C) groups is 2. The van der Waals surface area contributed by atoms with Crippen molar-refractivity contribution < 1.29 is 9.47 Å². The van der Waals surface area contributed by atoms with Crippen molar-refractivity contribution in [1.29, 1.82) is 0 Å². The van der Waals surface area contributed by atoms with Gasteiger partial charge in [0.1, 0.15) is 18.1 Å². The molecule has 0 N–H and O–H groups in total. The van der Waals surface area contributed by atoms with Crippen molar-refractivity contribution in [2.75, 3.05) is 13.2 Å². The second-order valence-electron chi connectivity index (χ2n) is 5.10. The Bertz CT molecular complexity index is 416. The largest absolute Gasteiger partial charge is 0.478 e. The summed E-state index contributed by atoms with van der Waals surface area (Å²) in [6, 6.07) is 0.158. The van der Waals surface area contributed by atoms with Crippen LogP contribution in [0.25, 0.3) is 0 Å². The van der Waals surface area contributed by atoms with Crippen LogP contribution in [0.15, 0.2) is 35.3 Å². The van der Waals surface area contributed by atoms with Gasteiger partial charge in [-0.2, -0.15) is 0 Å². The van der Waals surface area contributed by atoms with E-state index in [0.717, 1.165) is 0 Å². The fourth-order valence-corrected chi connectivity index (χ4v) is 2.47. The monoisotopic (exact) mass is 262 g/mol. The van der Waals surface area contributed by atoms with Gasteiger partial charge in [-0.25, -0.2) is 4.99 Å². The van der Waals surface area contributed by atoms with Crippen molar-refractivity contribution in [2.45, 2.75) is 38.8 Å². The van der Waals surface area contributed by atoms with Gasteiger partial charge in [-0.05, 0) is 26.7 Å².